The van der Waals surface area contributed by atoms with E-state index in [0.717, 1.165) is 6.42 Å². The Hall–Kier alpha value is -1.59. The number of hydrogen-bond acceptors (Lipinski definition) is 3. The molecule has 4 amide bonds. The van der Waals surface area contributed by atoms with Crippen molar-refractivity contribution in [2.75, 3.05) is 13.1 Å². The van der Waals surface area contributed by atoms with E-state index in [9.17, 15) is 14.4 Å². The lowest BCUT2D eigenvalue weighted by molar-refractivity contribution is -0.143. The number of piperidine rings is 1. The fraction of sp³-hybridized carbons (Fsp3) is 0.750. The van der Waals surface area contributed by atoms with Gasteiger partial charge < -0.3 is 10.2 Å². The van der Waals surface area contributed by atoms with Crippen LogP contribution in [0.25, 0.3) is 0 Å². The van der Waals surface area contributed by atoms with Gasteiger partial charge in [-0.1, -0.05) is 20.8 Å². The first-order valence-electron chi connectivity index (χ1n) is 6.18. The second kappa shape index (κ2) is 3.96. The van der Waals surface area contributed by atoms with Crippen molar-refractivity contribution in [2.24, 2.45) is 5.41 Å². The fourth-order valence-corrected chi connectivity index (χ4v) is 2.52. The molecular formula is C12H19N3O3. The Labute approximate surface area is 106 Å². The molecule has 1 spiro atoms. The molecule has 2 aliphatic rings. The summed E-state index contributed by atoms with van der Waals surface area (Å²) in [6.45, 7) is 6.46. The minimum absolute atomic E-state index is 0.00974. The number of carbonyl (C=O) groups excluding carboxylic acids is 3. The highest BCUT2D eigenvalue weighted by Crippen LogP contribution is 2.27. The third-order valence-corrected chi connectivity index (χ3v) is 3.44. The van der Waals surface area contributed by atoms with E-state index in [-0.39, 0.29) is 18.4 Å². The number of nitrogens with zero attached hydrogens (tertiary/aromatic N) is 1. The van der Waals surface area contributed by atoms with Gasteiger partial charge in [-0.05, 0) is 12.8 Å². The average molecular weight is 253 g/mol. The summed E-state index contributed by atoms with van der Waals surface area (Å²) in [5, 5.41) is 4.91. The smallest absolute Gasteiger partial charge is 0.322 e. The summed E-state index contributed by atoms with van der Waals surface area (Å²) in [4.78, 5) is 37.0. The topological polar surface area (TPSA) is 78.5 Å². The molecule has 6 nitrogen and oxygen atoms in total. The van der Waals surface area contributed by atoms with Gasteiger partial charge in [0.2, 0.25) is 5.91 Å². The first kappa shape index (κ1) is 12.9. The Morgan fingerprint density at radius 1 is 1.33 bits per heavy atom. The van der Waals surface area contributed by atoms with Gasteiger partial charge >= 0.3 is 6.03 Å². The average Bonchev–Trinajstić information content (AvgIpc) is 2.51. The number of imide groups is 1. The van der Waals surface area contributed by atoms with Crippen molar-refractivity contribution in [2.45, 2.75) is 39.2 Å². The number of rotatable bonds is 0. The molecule has 0 aromatic rings. The number of nitrogens with one attached hydrogen (secondary N) is 2. The molecule has 0 aliphatic carbocycles. The second-order valence-electron chi connectivity index (χ2n) is 6.07. The van der Waals surface area contributed by atoms with Crippen LogP contribution in [0.2, 0.25) is 0 Å². The summed E-state index contributed by atoms with van der Waals surface area (Å²) in [6.07, 6.45) is 1.30. The lowest BCUT2D eigenvalue weighted by atomic mass is 9.86. The maximum atomic E-state index is 12.2. The van der Waals surface area contributed by atoms with Crippen molar-refractivity contribution in [3.8, 4) is 0 Å². The molecule has 2 saturated heterocycles. The molecule has 2 fully saturated rings. The molecule has 0 aromatic carbocycles. The van der Waals surface area contributed by atoms with Gasteiger partial charge in [-0.2, -0.15) is 0 Å². The summed E-state index contributed by atoms with van der Waals surface area (Å²) in [5.41, 5.74) is -1.39. The van der Waals surface area contributed by atoms with Crippen molar-refractivity contribution in [3.05, 3.63) is 0 Å². The zero-order chi connectivity index (χ0) is 13.6. The van der Waals surface area contributed by atoms with E-state index in [1.807, 2.05) is 20.8 Å². The molecule has 0 saturated carbocycles. The van der Waals surface area contributed by atoms with Crippen LogP contribution in [-0.4, -0.2) is 41.4 Å². The minimum Gasteiger partial charge on any atom is -0.339 e. The van der Waals surface area contributed by atoms with Crippen molar-refractivity contribution >= 4 is 17.8 Å². The highest BCUT2D eigenvalue weighted by Gasteiger charge is 2.50. The van der Waals surface area contributed by atoms with Gasteiger partial charge in [0.15, 0.2) is 0 Å². The summed E-state index contributed by atoms with van der Waals surface area (Å²) in [6, 6.07) is -0.468. The molecule has 2 rings (SSSR count). The van der Waals surface area contributed by atoms with Gasteiger partial charge in [-0.25, -0.2) is 4.79 Å². The minimum atomic E-state index is -0.920. The molecule has 2 N–H and O–H groups in total. The molecule has 2 heterocycles. The Bertz CT molecular complexity index is 413. The van der Waals surface area contributed by atoms with Crippen LogP contribution in [0.1, 0.15) is 33.6 Å². The third kappa shape index (κ3) is 2.07. The Morgan fingerprint density at radius 3 is 2.50 bits per heavy atom. The molecule has 0 bridgehead atoms. The van der Waals surface area contributed by atoms with Crippen LogP contribution in [0.5, 0.6) is 0 Å². The number of urea groups is 1. The van der Waals surface area contributed by atoms with Crippen LogP contribution in [0, 0.1) is 5.41 Å². The van der Waals surface area contributed by atoms with Crippen molar-refractivity contribution in [1.82, 2.24) is 15.5 Å². The largest absolute Gasteiger partial charge is 0.339 e. The van der Waals surface area contributed by atoms with Gasteiger partial charge in [-0.15, -0.1) is 0 Å². The number of hydrogen-bond donors (Lipinski definition) is 2. The molecule has 1 atom stereocenters. The van der Waals surface area contributed by atoms with Crippen LogP contribution in [0.3, 0.4) is 0 Å². The first-order valence-corrected chi connectivity index (χ1v) is 6.18. The van der Waals surface area contributed by atoms with Crippen LogP contribution in [-0.2, 0) is 9.59 Å². The van der Waals surface area contributed by atoms with Crippen molar-refractivity contribution in [1.29, 1.82) is 0 Å². The van der Waals surface area contributed by atoms with Gasteiger partial charge in [0.1, 0.15) is 5.54 Å². The maximum Gasteiger partial charge on any atom is 0.322 e. The summed E-state index contributed by atoms with van der Waals surface area (Å²) < 4.78 is 0. The van der Waals surface area contributed by atoms with E-state index in [0.29, 0.717) is 13.0 Å². The van der Waals surface area contributed by atoms with E-state index in [1.165, 1.54) is 0 Å². The maximum absolute atomic E-state index is 12.2. The Balaban J connectivity index is 2.17. The predicted molar refractivity (Wildman–Crippen MR) is 64.7 cm³/mol. The van der Waals surface area contributed by atoms with E-state index < -0.39 is 17.0 Å². The van der Waals surface area contributed by atoms with E-state index in [1.54, 1.807) is 4.90 Å². The van der Waals surface area contributed by atoms with Crippen molar-refractivity contribution < 1.29 is 14.4 Å². The predicted octanol–water partition coefficient (Wildman–Crippen LogP) is 0.233. The van der Waals surface area contributed by atoms with E-state index >= 15 is 0 Å². The van der Waals surface area contributed by atoms with Crippen LogP contribution in [0.4, 0.5) is 4.79 Å². The van der Waals surface area contributed by atoms with Gasteiger partial charge in [0, 0.05) is 12.0 Å². The normalized spacial score (nSPS) is 28.3. The Morgan fingerprint density at radius 2 is 2.00 bits per heavy atom. The summed E-state index contributed by atoms with van der Waals surface area (Å²) in [7, 11) is 0. The second-order valence-corrected chi connectivity index (χ2v) is 6.07. The zero-order valence-corrected chi connectivity index (χ0v) is 11.0. The standard InChI is InChI=1S/C12H19N3O3/c1-11(2,3)9(17)15-6-4-5-12(7-15)8(16)13-10(18)14-12/h4-7H2,1-3H3,(H2,13,14,16,18). The lowest BCUT2D eigenvalue weighted by Gasteiger charge is -2.40. The van der Waals surface area contributed by atoms with Crippen LogP contribution < -0.4 is 10.6 Å². The highest BCUT2D eigenvalue weighted by atomic mass is 16.2. The monoisotopic (exact) mass is 253 g/mol. The summed E-state index contributed by atoms with van der Waals surface area (Å²) >= 11 is 0. The Kier molecular flexibility index (Phi) is 2.83. The number of carbonyl (C=O) groups is 3. The van der Waals surface area contributed by atoms with Gasteiger partial charge in [-0.3, -0.25) is 14.9 Å². The van der Waals surface area contributed by atoms with E-state index in [4.69, 9.17) is 0 Å². The quantitative estimate of drug-likeness (QED) is 0.607. The van der Waals surface area contributed by atoms with Gasteiger partial charge in [0.25, 0.3) is 5.91 Å². The van der Waals surface area contributed by atoms with Crippen molar-refractivity contribution in [3.63, 3.8) is 0 Å². The molecule has 2 aliphatic heterocycles. The number of amides is 4. The SMILES string of the molecule is CC(C)(C)C(=O)N1CCCC2(C1)NC(=O)NC2=O. The molecule has 0 radical (unpaired) electrons. The molecular weight excluding hydrogens is 234 g/mol. The van der Waals surface area contributed by atoms with Crippen LogP contribution in [0.15, 0.2) is 0 Å². The lowest BCUT2D eigenvalue weighted by Crippen LogP contribution is -2.60. The van der Waals surface area contributed by atoms with Crippen LogP contribution >= 0.6 is 0 Å². The van der Waals surface area contributed by atoms with Gasteiger partial charge in [0.05, 0.1) is 6.54 Å². The number of likely N-dealkylation sites (tertiary alicyclic amines) is 1. The summed E-state index contributed by atoms with van der Waals surface area (Å²) in [5.74, 6) is -0.311. The first-order chi connectivity index (χ1) is 8.24. The molecule has 1 unspecified atom stereocenters. The fourth-order valence-electron chi connectivity index (χ4n) is 2.52. The molecule has 18 heavy (non-hydrogen) atoms. The molecule has 100 valence electrons. The van der Waals surface area contributed by atoms with E-state index in [2.05, 4.69) is 10.6 Å². The molecule has 0 aromatic heterocycles. The zero-order valence-electron chi connectivity index (χ0n) is 11.0. The third-order valence-electron chi connectivity index (χ3n) is 3.44. The highest BCUT2D eigenvalue weighted by molar-refractivity contribution is 6.07. The molecule has 6 heteroatoms.